The van der Waals surface area contributed by atoms with Crippen molar-refractivity contribution in [3.05, 3.63) is 57.6 Å². The molecule has 1 aromatic carbocycles. The van der Waals surface area contributed by atoms with Crippen molar-refractivity contribution >= 4 is 11.7 Å². The van der Waals surface area contributed by atoms with Crippen LogP contribution in [-0.4, -0.2) is 15.9 Å². The van der Waals surface area contributed by atoms with Crippen LogP contribution in [0.2, 0.25) is 0 Å². The molecule has 1 aromatic heterocycles. The molecular weight excluding hydrogens is 230 g/mol. The molecule has 1 amide bonds. The standard InChI is InChI=1S/C13H13N3O2/c1-8-11(14-9(2)15-12(8)17)16-13(18)10-6-4-3-5-7-10/h3-7H,1-2H3,(H2,14,15,16,17,18). The molecule has 0 atom stereocenters. The molecule has 0 spiro atoms. The predicted octanol–water partition coefficient (Wildman–Crippen LogP) is 1.64. The van der Waals surface area contributed by atoms with Crippen molar-refractivity contribution in [3.63, 3.8) is 0 Å². The Labute approximate surface area is 104 Å². The first-order valence-electron chi connectivity index (χ1n) is 5.52. The predicted molar refractivity (Wildman–Crippen MR) is 68.7 cm³/mol. The monoisotopic (exact) mass is 243 g/mol. The van der Waals surface area contributed by atoms with E-state index in [1.54, 1.807) is 38.1 Å². The zero-order valence-electron chi connectivity index (χ0n) is 10.2. The molecular formula is C13H13N3O2. The van der Waals surface area contributed by atoms with Crippen molar-refractivity contribution in [2.24, 2.45) is 0 Å². The number of aromatic nitrogens is 2. The third-order valence-corrected chi connectivity index (χ3v) is 2.54. The van der Waals surface area contributed by atoms with Crippen molar-refractivity contribution in [2.75, 3.05) is 5.32 Å². The first-order valence-corrected chi connectivity index (χ1v) is 5.52. The van der Waals surface area contributed by atoms with Gasteiger partial charge < -0.3 is 10.3 Å². The minimum Gasteiger partial charge on any atom is -0.310 e. The first kappa shape index (κ1) is 12.0. The Morgan fingerprint density at radius 3 is 2.56 bits per heavy atom. The van der Waals surface area contributed by atoms with Gasteiger partial charge in [0.25, 0.3) is 11.5 Å². The van der Waals surface area contributed by atoms with Crippen molar-refractivity contribution in [1.29, 1.82) is 0 Å². The van der Waals surface area contributed by atoms with Gasteiger partial charge in [0.2, 0.25) is 0 Å². The van der Waals surface area contributed by atoms with E-state index in [1.807, 2.05) is 6.07 Å². The molecule has 0 unspecified atom stereocenters. The minimum atomic E-state index is -0.281. The Kier molecular flexibility index (Phi) is 3.23. The molecule has 0 radical (unpaired) electrons. The number of rotatable bonds is 2. The number of nitrogens with one attached hydrogen (secondary N) is 2. The van der Waals surface area contributed by atoms with Crippen molar-refractivity contribution in [3.8, 4) is 0 Å². The van der Waals surface area contributed by atoms with Gasteiger partial charge in [-0.3, -0.25) is 9.59 Å². The number of aryl methyl sites for hydroxylation is 1. The Morgan fingerprint density at radius 2 is 1.89 bits per heavy atom. The van der Waals surface area contributed by atoms with Gasteiger partial charge >= 0.3 is 0 Å². The van der Waals surface area contributed by atoms with Crippen LogP contribution in [0.5, 0.6) is 0 Å². The molecule has 5 nitrogen and oxygen atoms in total. The summed E-state index contributed by atoms with van der Waals surface area (Å²) in [5.41, 5.74) is 0.673. The second-order valence-corrected chi connectivity index (χ2v) is 3.95. The number of carbonyl (C=O) groups excluding carboxylic acids is 1. The van der Waals surface area contributed by atoms with Crippen LogP contribution in [0.4, 0.5) is 5.82 Å². The summed E-state index contributed by atoms with van der Waals surface area (Å²) in [7, 11) is 0. The molecule has 0 bridgehead atoms. The molecule has 2 aromatic rings. The van der Waals surface area contributed by atoms with Crippen molar-refractivity contribution in [1.82, 2.24) is 9.97 Å². The van der Waals surface area contributed by atoms with E-state index in [-0.39, 0.29) is 11.5 Å². The topological polar surface area (TPSA) is 74.8 Å². The zero-order chi connectivity index (χ0) is 13.1. The van der Waals surface area contributed by atoms with E-state index in [2.05, 4.69) is 15.3 Å². The highest BCUT2D eigenvalue weighted by Gasteiger charge is 2.10. The summed E-state index contributed by atoms with van der Waals surface area (Å²) in [4.78, 5) is 30.1. The Balaban J connectivity index is 2.30. The molecule has 0 aliphatic carbocycles. The number of anilines is 1. The van der Waals surface area contributed by atoms with E-state index >= 15 is 0 Å². The van der Waals surface area contributed by atoms with Crippen LogP contribution in [0.15, 0.2) is 35.1 Å². The zero-order valence-corrected chi connectivity index (χ0v) is 10.2. The van der Waals surface area contributed by atoms with E-state index in [9.17, 15) is 9.59 Å². The van der Waals surface area contributed by atoms with Gasteiger partial charge in [-0.25, -0.2) is 4.98 Å². The molecule has 5 heteroatoms. The number of aromatic amines is 1. The van der Waals surface area contributed by atoms with E-state index in [0.717, 1.165) is 0 Å². The van der Waals surface area contributed by atoms with E-state index in [4.69, 9.17) is 0 Å². The molecule has 92 valence electrons. The fourth-order valence-electron chi connectivity index (χ4n) is 1.54. The average Bonchev–Trinajstić information content (AvgIpc) is 2.36. The maximum absolute atomic E-state index is 11.9. The maximum atomic E-state index is 11.9. The van der Waals surface area contributed by atoms with Gasteiger partial charge in [-0.05, 0) is 26.0 Å². The van der Waals surface area contributed by atoms with Gasteiger partial charge in [0, 0.05) is 5.56 Å². The number of benzene rings is 1. The lowest BCUT2D eigenvalue weighted by atomic mass is 10.2. The first-order chi connectivity index (χ1) is 8.58. The van der Waals surface area contributed by atoms with E-state index in [0.29, 0.717) is 22.8 Å². The lowest BCUT2D eigenvalue weighted by Crippen LogP contribution is -2.20. The number of hydrogen-bond acceptors (Lipinski definition) is 3. The lowest BCUT2D eigenvalue weighted by molar-refractivity contribution is 0.102. The van der Waals surface area contributed by atoms with Crippen LogP contribution < -0.4 is 10.9 Å². The lowest BCUT2D eigenvalue weighted by Gasteiger charge is -2.07. The van der Waals surface area contributed by atoms with Crippen LogP contribution in [0.1, 0.15) is 21.7 Å². The Morgan fingerprint density at radius 1 is 1.22 bits per heavy atom. The van der Waals surface area contributed by atoms with E-state index < -0.39 is 0 Å². The highest BCUT2D eigenvalue weighted by molar-refractivity contribution is 6.04. The van der Waals surface area contributed by atoms with Gasteiger partial charge in [0.15, 0.2) is 0 Å². The molecule has 2 rings (SSSR count). The summed E-state index contributed by atoms with van der Waals surface area (Å²) in [6, 6.07) is 8.78. The van der Waals surface area contributed by atoms with Crippen molar-refractivity contribution < 1.29 is 4.79 Å². The van der Waals surface area contributed by atoms with E-state index in [1.165, 1.54) is 0 Å². The second kappa shape index (κ2) is 4.83. The molecule has 0 aliphatic heterocycles. The minimum absolute atomic E-state index is 0.245. The number of H-pyrrole nitrogens is 1. The summed E-state index contributed by atoms with van der Waals surface area (Å²) < 4.78 is 0. The summed E-state index contributed by atoms with van der Waals surface area (Å²) in [5.74, 6) is 0.482. The molecule has 1 heterocycles. The number of carbonyl (C=O) groups is 1. The van der Waals surface area contributed by atoms with Gasteiger partial charge in [0.1, 0.15) is 11.6 Å². The fraction of sp³-hybridized carbons (Fsp3) is 0.154. The fourth-order valence-corrected chi connectivity index (χ4v) is 1.54. The average molecular weight is 243 g/mol. The highest BCUT2D eigenvalue weighted by atomic mass is 16.2. The molecule has 0 aliphatic rings. The highest BCUT2D eigenvalue weighted by Crippen LogP contribution is 2.08. The van der Waals surface area contributed by atoms with Gasteiger partial charge in [-0.2, -0.15) is 0 Å². The summed E-state index contributed by atoms with van der Waals surface area (Å²) in [5, 5.41) is 2.64. The van der Waals surface area contributed by atoms with Crippen molar-refractivity contribution in [2.45, 2.75) is 13.8 Å². The summed E-state index contributed by atoms with van der Waals surface area (Å²) in [6.45, 7) is 3.28. The van der Waals surface area contributed by atoms with Crippen LogP contribution >= 0.6 is 0 Å². The number of amides is 1. The summed E-state index contributed by atoms with van der Waals surface area (Å²) in [6.07, 6.45) is 0. The molecule has 0 fully saturated rings. The number of hydrogen-bond donors (Lipinski definition) is 2. The SMILES string of the molecule is Cc1nc(NC(=O)c2ccccc2)c(C)c(=O)[nH]1. The number of nitrogens with zero attached hydrogens (tertiary/aromatic N) is 1. The summed E-state index contributed by atoms with van der Waals surface area (Å²) >= 11 is 0. The Bertz CT molecular complexity index is 632. The Hall–Kier alpha value is -2.43. The largest absolute Gasteiger partial charge is 0.310 e. The van der Waals surface area contributed by atoms with Gasteiger partial charge in [0.05, 0.1) is 5.56 Å². The second-order valence-electron chi connectivity index (χ2n) is 3.95. The van der Waals surface area contributed by atoms with Gasteiger partial charge in [-0.15, -0.1) is 0 Å². The molecule has 2 N–H and O–H groups in total. The molecule has 0 saturated heterocycles. The van der Waals surface area contributed by atoms with Crippen LogP contribution in [-0.2, 0) is 0 Å². The third-order valence-electron chi connectivity index (χ3n) is 2.54. The molecule has 18 heavy (non-hydrogen) atoms. The smallest absolute Gasteiger partial charge is 0.256 e. The van der Waals surface area contributed by atoms with Gasteiger partial charge in [-0.1, -0.05) is 18.2 Å². The maximum Gasteiger partial charge on any atom is 0.256 e. The van der Waals surface area contributed by atoms with Crippen LogP contribution in [0.3, 0.4) is 0 Å². The van der Waals surface area contributed by atoms with Crippen LogP contribution in [0.25, 0.3) is 0 Å². The third kappa shape index (κ3) is 2.45. The molecule has 0 saturated carbocycles. The normalized spacial score (nSPS) is 10.1. The van der Waals surface area contributed by atoms with Crippen LogP contribution in [0, 0.1) is 13.8 Å². The quantitative estimate of drug-likeness (QED) is 0.842.